The Morgan fingerprint density at radius 2 is 2.25 bits per heavy atom. The lowest BCUT2D eigenvalue weighted by molar-refractivity contribution is -0.146. The second kappa shape index (κ2) is 2.61. The van der Waals surface area contributed by atoms with E-state index in [4.69, 9.17) is 4.74 Å². The molecule has 1 aliphatic carbocycles. The topological polar surface area (TPSA) is 26.3 Å². The van der Waals surface area contributed by atoms with E-state index < -0.39 is 0 Å². The molecule has 3 atom stereocenters. The van der Waals surface area contributed by atoms with Gasteiger partial charge in [-0.1, -0.05) is 6.92 Å². The van der Waals surface area contributed by atoms with Gasteiger partial charge >= 0.3 is 5.97 Å². The Kier molecular flexibility index (Phi) is 1.71. The van der Waals surface area contributed by atoms with Gasteiger partial charge in [-0.05, 0) is 37.2 Å². The maximum atomic E-state index is 11.4. The van der Waals surface area contributed by atoms with Gasteiger partial charge in [0.25, 0.3) is 0 Å². The number of esters is 1. The van der Waals surface area contributed by atoms with E-state index in [-0.39, 0.29) is 11.9 Å². The van der Waals surface area contributed by atoms with Crippen molar-refractivity contribution in [2.45, 2.75) is 26.7 Å². The molecule has 12 heavy (non-hydrogen) atoms. The molecule has 1 saturated carbocycles. The first-order valence-electron chi connectivity index (χ1n) is 4.57. The molecule has 0 aromatic heterocycles. The molecular weight excluding hydrogens is 152 g/mol. The molecule has 0 amide bonds. The Balaban J connectivity index is 2.29. The van der Waals surface area contributed by atoms with Gasteiger partial charge in [-0.2, -0.15) is 0 Å². The van der Waals surface area contributed by atoms with Gasteiger partial charge in [0, 0.05) is 0 Å². The van der Waals surface area contributed by atoms with Crippen molar-refractivity contribution in [2.75, 3.05) is 0 Å². The van der Waals surface area contributed by atoms with Crippen LogP contribution in [0.5, 0.6) is 0 Å². The van der Waals surface area contributed by atoms with E-state index in [9.17, 15) is 4.79 Å². The molecular formula is C10H14O2. The van der Waals surface area contributed by atoms with Gasteiger partial charge in [-0.3, -0.25) is 4.79 Å². The Hall–Kier alpha value is -0.790. The first kappa shape index (κ1) is 7.84. The van der Waals surface area contributed by atoms with E-state index >= 15 is 0 Å². The number of fused-ring (bicyclic) bond motifs is 1. The van der Waals surface area contributed by atoms with Gasteiger partial charge in [0.05, 0.1) is 12.2 Å². The average molecular weight is 166 g/mol. The van der Waals surface area contributed by atoms with Crippen LogP contribution in [0.25, 0.3) is 0 Å². The van der Waals surface area contributed by atoms with Crippen molar-refractivity contribution in [3.8, 4) is 0 Å². The van der Waals surface area contributed by atoms with Crippen LogP contribution in [0.2, 0.25) is 0 Å². The summed E-state index contributed by atoms with van der Waals surface area (Å²) < 4.78 is 4.97. The third-order valence-corrected chi connectivity index (χ3v) is 3.20. The van der Waals surface area contributed by atoms with Crippen molar-refractivity contribution >= 4 is 5.97 Å². The third kappa shape index (κ3) is 0.977. The minimum Gasteiger partial charge on any atom is -0.434 e. The third-order valence-electron chi connectivity index (χ3n) is 3.20. The largest absolute Gasteiger partial charge is 0.434 e. The number of ether oxygens (including phenoxy) is 1. The molecule has 0 saturated heterocycles. The van der Waals surface area contributed by atoms with Crippen LogP contribution in [0.1, 0.15) is 26.7 Å². The fraction of sp³-hybridized carbons (Fsp3) is 0.700. The monoisotopic (exact) mass is 166 g/mol. The van der Waals surface area contributed by atoms with Crippen molar-refractivity contribution in [2.24, 2.45) is 17.8 Å². The molecule has 1 aliphatic heterocycles. The zero-order valence-electron chi connectivity index (χ0n) is 7.54. The highest BCUT2D eigenvalue weighted by molar-refractivity contribution is 5.75. The minimum atomic E-state index is -0.0180. The molecule has 0 aromatic rings. The lowest BCUT2D eigenvalue weighted by Gasteiger charge is -2.25. The summed E-state index contributed by atoms with van der Waals surface area (Å²) in [6.07, 6.45) is 3.94. The first-order chi connectivity index (χ1) is 5.70. The maximum Gasteiger partial charge on any atom is 0.314 e. The van der Waals surface area contributed by atoms with Crippen molar-refractivity contribution < 1.29 is 9.53 Å². The van der Waals surface area contributed by atoms with Crippen LogP contribution < -0.4 is 0 Å². The number of cyclic esters (lactones) is 1. The van der Waals surface area contributed by atoms with Crippen LogP contribution in [-0.4, -0.2) is 5.97 Å². The first-order valence-corrected chi connectivity index (χ1v) is 4.57. The predicted octanol–water partition coefficient (Wildman–Crippen LogP) is 2.11. The predicted molar refractivity (Wildman–Crippen MR) is 45.2 cm³/mol. The number of carbonyl (C=O) groups excluding carboxylic acids is 1. The van der Waals surface area contributed by atoms with Gasteiger partial charge in [0.1, 0.15) is 0 Å². The van der Waals surface area contributed by atoms with E-state index in [2.05, 4.69) is 13.8 Å². The van der Waals surface area contributed by atoms with E-state index in [1.165, 1.54) is 5.57 Å². The van der Waals surface area contributed by atoms with Gasteiger partial charge < -0.3 is 4.74 Å². The van der Waals surface area contributed by atoms with Crippen molar-refractivity contribution in [3.05, 3.63) is 11.8 Å². The molecule has 0 unspecified atom stereocenters. The van der Waals surface area contributed by atoms with E-state index in [0.29, 0.717) is 11.8 Å². The molecule has 0 bridgehead atoms. The zero-order chi connectivity index (χ0) is 8.72. The molecule has 1 fully saturated rings. The highest BCUT2D eigenvalue weighted by Crippen LogP contribution is 2.43. The second-order valence-electron chi connectivity index (χ2n) is 3.99. The van der Waals surface area contributed by atoms with E-state index in [0.717, 1.165) is 12.8 Å². The smallest absolute Gasteiger partial charge is 0.314 e. The Bertz CT molecular complexity index is 242. The molecule has 2 nitrogen and oxygen atoms in total. The summed E-state index contributed by atoms with van der Waals surface area (Å²) in [5.41, 5.74) is 1.24. The fourth-order valence-electron chi connectivity index (χ4n) is 2.42. The Morgan fingerprint density at radius 3 is 2.92 bits per heavy atom. The number of allylic oxidation sites excluding steroid dienone is 1. The van der Waals surface area contributed by atoms with Gasteiger partial charge in [-0.15, -0.1) is 0 Å². The lowest BCUT2D eigenvalue weighted by Crippen LogP contribution is -2.28. The van der Waals surface area contributed by atoms with Gasteiger partial charge in [0.2, 0.25) is 0 Å². The standard InChI is InChI=1S/C10H14O2/c1-6-3-4-8-7(2)5-12-10(11)9(6)8/h5-6,8-9H,3-4H2,1-2H3/t6-,8-,9-/m0/s1. The summed E-state index contributed by atoms with van der Waals surface area (Å²) in [6.45, 7) is 4.20. The molecule has 0 N–H and O–H groups in total. The normalized spacial score (nSPS) is 40.3. The summed E-state index contributed by atoms with van der Waals surface area (Å²) in [4.78, 5) is 11.4. The maximum absolute atomic E-state index is 11.4. The number of rotatable bonds is 0. The van der Waals surface area contributed by atoms with Crippen LogP contribution in [0, 0.1) is 17.8 Å². The quantitative estimate of drug-likeness (QED) is 0.515. The molecule has 0 spiro atoms. The van der Waals surface area contributed by atoms with Gasteiger partial charge in [-0.25, -0.2) is 0 Å². The average Bonchev–Trinajstić information content (AvgIpc) is 2.42. The number of hydrogen-bond acceptors (Lipinski definition) is 2. The van der Waals surface area contributed by atoms with Crippen LogP contribution in [0.15, 0.2) is 11.8 Å². The second-order valence-corrected chi connectivity index (χ2v) is 3.99. The van der Waals surface area contributed by atoms with Crippen LogP contribution >= 0.6 is 0 Å². The molecule has 0 aromatic carbocycles. The molecule has 0 radical (unpaired) electrons. The Labute approximate surface area is 72.6 Å². The summed E-state index contributed by atoms with van der Waals surface area (Å²) in [7, 11) is 0. The molecule has 2 rings (SSSR count). The molecule has 66 valence electrons. The van der Waals surface area contributed by atoms with Crippen LogP contribution in [-0.2, 0) is 9.53 Å². The van der Waals surface area contributed by atoms with Gasteiger partial charge in [0.15, 0.2) is 0 Å². The number of hydrogen-bond donors (Lipinski definition) is 0. The van der Waals surface area contributed by atoms with Crippen molar-refractivity contribution in [1.82, 2.24) is 0 Å². The SMILES string of the molecule is CC1=COC(=O)[C@H]2[C@@H](C)CC[C@@H]12. The molecule has 1 heterocycles. The fourth-order valence-corrected chi connectivity index (χ4v) is 2.42. The minimum absolute atomic E-state index is 0.0180. The summed E-state index contributed by atoms with van der Waals surface area (Å²) >= 11 is 0. The van der Waals surface area contributed by atoms with Crippen molar-refractivity contribution in [1.29, 1.82) is 0 Å². The summed E-state index contributed by atoms with van der Waals surface area (Å²) in [5.74, 6) is 1.11. The van der Waals surface area contributed by atoms with E-state index in [1.807, 2.05) is 0 Å². The highest BCUT2D eigenvalue weighted by atomic mass is 16.5. The van der Waals surface area contributed by atoms with Crippen LogP contribution in [0.3, 0.4) is 0 Å². The Morgan fingerprint density at radius 1 is 1.50 bits per heavy atom. The molecule has 2 heteroatoms. The summed E-state index contributed by atoms with van der Waals surface area (Å²) in [5, 5.41) is 0. The highest BCUT2D eigenvalue weighted by Gasteiger charge is 2.42. The summed E-state index contributed by atoms with van der Waals surface area (Å²) in [6, 6.07) is 0. The molecule has 2 aliphatic rings. The number of carbonyl (C=O) groups is 1. The lowest BCUT2D eigenvalue weighted by atomic mass is 9.85. The van der Waals surface area contributed by atoms with Crippen LogP contribution in [0.4, 0.5) is 0 Å². The zero-order valence-corrected chi connectivity index (χ0v) is 7.54. The van der Waals surface area contributed by atoms with Crippen molar-refractivity contribution in [3.63, 3.8) is 0 Å². The van der Waals surface area contributed by atoms with E-state index in [1.54, 1.807) is 6.26 Å².